The topological polar surface area (TPSA) is 126 Å². The molecule has 88 valence electrons. The molecule has 5 N–H and O–H groups in total. The standard InChI is InChI=1S/C8H11N3O4S/c9-6(13)5(12)2-10-1-4-3-16-7(11-4)8(14)15/h3,5,10,12H,1-2H2,(H2,9,13)(H,14,15). The first-order valence-corrected chi connectivity index (χ1v) is 5.24. The van der Waals surface area contributed by atoms with E-state index in [0.29, 0.717) is 5.69 Å². The summed E-state index contributed by atoms with van der Waals surface area (Å²) in [6.45, 7) is 0.281. The van der Waals surface area contributed by atoms with Crippen molar-refractivity contribution in [1.82, 2.24) is 10.3 Å². The van der Waals surface area contributed by atoms with Gasteiger partial charge < -0.3 is 21.3 Å². The Labute approximate surface area is 94.9 Å². The first-order chi connectivity index (χ1) is 7.50. The highest BCUT2D eigenvalue weighted by Crippen LogP contribution is 2.08. The third-order valence-electron chi connectivity index (χ3n) is 1.71. The van der Waals surface area contributed by atoms with E-state index in [0.717, 1.165) is 11.3 Å². The van der Waals surface area contributed by atoms with Gasteiger partial charge >= 0.3 is 5.97 Å². The number of aromatic nitrogens is 1. The minimum atomic E-state index is -1.25. The Balaban J connectivity index is 2.37. The third-order valence-corrected chi connectivity index (χ3v) is 2.59. The molecule has 0 saturated heterocycles. The van der Waals surface area contributed by atoms with Crippen LogP contribution in [0.15, 0.2) is 5.38 Å². The number of hydrogen-bond donors (Lipinski definition) is 4. The molecule has 1 aromatic heterocycles. The normalized spacial score (nSPS) is 12.3. The molecule has 0 spiro atoms. The maximum atomic E-state index is 10.5. The van der Waals surface area contributed by atoms with Crippen molar-refractivity contribution in [1.29, 1.82) is 0 Å². The molecule has 1 rings (SSSR count). The number of aliphatic hydroxyl groups excluding tert-OH is 1. The molecule has 1 heterocycles. The summed E-state index contributed by atoms with van der Waals surface area (Å²) >= 11 is 1.02. The lowest BCUT2D eigenvalue weighted by atomic mass is 10.3. The lowest BCUT2D eigenvalue weighted by Crippen LogP contribution is -2.37. The van der Waals surface area contributed by atoms with Crippen LogP contribution >= 0.6 is 11.3 Å². The zero-order chi connectivity index (χ0) is 12.1. The molecule has 8 heteroatoms. The van der Waals surface area contributed by atoms with Gasteiger partial charge in [-0.25, -0.2) is 9.78 Å². The van der Waals surface area contributed by atoms with Crippen molar-refractivity contribution < 1.29 is 19.8 Å². The van der Waals surface area contributed by atoms with E-state index in [2.05, 4.69) is 10.3 Å². The molecule has 1 amide bonds. The Bertz CT molecular complexity index is 392. The summed E-state index contributed by atoms with van der Waals surface area (Å²) in [5.41, 5.74) is 5.38. The molecule has 0 bridgehead atoms. The minimum absolute atomic E-state index is 0.00671. The average molecular weight is 245 g/mol. The Morgan fingerprint density at radius 2 is 2.31 bits per heavy atom. The number of primary amides is 1. The first kappa shape index (κ1) is 12.6. The van der Waals surface area contributed by atoms with Crippen LogP contribution in [0.1, 0.15) is 15.5 Å². The summed E-state index contributed by atoms with van der Waals surface area (Å²) in [6, 6.07) is 0. The second-order valence-electron chi connectivity index (χ2n) is 3.00. The maximum absolute atomic E-state index is 10.5. The highest BCUT2D eigenvalue weighted by molar-refractivity contribution is 7.11. The summed E-state index contributed by atoms with van der Waals surface area (Å²) in [7, 11) is 0. The Morgan fingerprint density at radius 3 is 2.81 bits per heavy atom. The van der Waals surface area contributed by atoms with E-state index in [1.807, 2.05) is 0 Å². The Morgan fingerprint density at radius 1 is 1.62 bits per heavy atom. The number of aromatic carboxylic acids is 1. The molecule has 7 nitrogen and oxygen atoms in total. The number of thiazole rings is 1. The highest BCUT2D eigenvalue weighted by Gasteiger charge is 2.11. The third kappa shape index (κ3) is 3.57. The van der Waals surface area contributed by atoms with E-state index in [9.17, 15) is 9.59 Å². The quantitative estimate of drug-likeness (QED) is 0.497. The van der Waals surface area contributed by atoms with Crippen molar-refractivity contribution in [3.05, 3.63) is 16.1 Å². The number of carboxylic acid groups (broad SMARTS) is 1. The van der Waals surface area contributed by atoms with Crippen LogP contribution < -0.4 is 11.1 Å². The number of rotatable bonds is 6. The molecular weight excluding hydrogens is 234 g/mol. The molecule has 1 unspecified atom stereocenters. The number of carbonyl (C=O) groups is 2. The zero-order valence-electron chi connectivity index (χ0n) is 8.21. The predicted molar refractivity (Wildman–Crippen MR) is 56.0 cm³/mol. The van der Waals surface area contributed by atoms with E-state index >= 15 is 0 Å². The SMILES string of the molecule is NC(=O)C(O)CNCc1csc(C(=O)O)n1. The van der Waals surface area contributed by atoms with Gasteiger partial charge in [0.1, 0.15) is 6.10 Å². The Hall–Kier alpha value is -1.51. The molecule has 0 fully saturated rings. The van der Waals surface area contributed by atoms with Crippen LogP contribution in [0, 0.1) is 0 Å². The van der Waals surface area contributed by atoms with Crippen molar-refractivity contribution in [3.63, 3.8) is 0 Å². The fourth-order valence-electron chi connectivity index (χ4n) is 0.924. The van der Waals surface area contributed by atoms with Crippen LogP contribution in [0.3, 0.4) is 0 Å². The minimum Gasteiger partial charge on any atom is -0.476 e. The van der Waals surface area contributed by atoms with Crippen LogP contribution in [-0.4, -0.2) is 39.7 Å². The van der Waals surface area contributed by atoms with Crippen molar-refractivity contribution in [3.8, 4) is 0 Å². The number of aliphatic hydroxyl groups is 1. The summed E-state index contributed by atoms with van der Waals surface area (Å²) < 4.78 is 0. The van der Waals surface area contributed by atoms with Crippen molar-refractivity contribution in [2.75, 3.05) is 6.54 Å². The van der Waals surface area contributed by atoms with Gasteiger partial charge in [-0.05, 0) is 0 Å². The fourth-order valence-corrected chi connectivity index (χ4v) is 1.58. The molecule has 1 aromatic rings. The van der Waals surface area contributed by atoms with Crippen LogP contribution in [-0.2, 0) is 11.3 Å². The van der Waals surface area contributed by atoms with E-state index in [4.69, 9.17) is 15.9 Å². The summed E-state index contributed by atoms with van der Waals surface area (Å²) in [5.74, 6) is -1.88. The van der Waals surface area contributed by atoms with Gasteiger partial charge in [0.05, 0.1) is 5.69 Å². The predicted octanol–water partition coefficient (Wildman–Crippen LogP) is -1.22. The molecule has 0 aliphatic carbocycles. The van der Waals surface area contributed by atoms with E-state index < -0.39 is 18.0 Å². The van der Waals surface area contributed by atoms with Crippen molar-refractivity contribution >= 4 is 23.2 Å². The fraction of sp³-hybridized carbons (Fsp3) is 0.375. The van der Waals surface area contributed by atoms with Crippen molar-refractivity contribution in [2.45, 2.75) is 12.6 Å². The van der Waals surface area contributed by atoms with Crippen LogP contribution in [0.5, 0.6) is 0 Å². The summed E-state index contributed by atoms with van der Waals surface area (Å²) in [6.07, 6.45) is -1.25. The molecular formula is C8H11N3O4S. The average Bonchev–Trinajstić information content (AvgIpc) is 2.66. The molecule has 0 aliphatic rings. The van der Waals surface area contributed by atoms with E-state index in [1.54, 1.807) is 5.38 Å². The van der Waals surface area contributed by atoms with Crippen LogP contribution in [0.4, 0.5) is 0 Å². The van der Waals surface area contributed by atoms with Crippen LogP contribution in [0.25, 0.3) is 0 Å². The molecule has 16 heavy (non-hydrogen) atoms. The van der Waals surface area contributed by atoms with Gasteiger partial charge in [-0.1, -0.05) is 0 Å². The lowest BCUT2D eigenvalue weighted by molar-refractivity contribution is -0.125. The number of nitrogens with one attached hydrogen (secondary N) is 1. The van der Waals surface area contributed by atoms with E-state index in [1.165, 1.54) is 0 Å². The number of amides is 1. The number of hydrogen-bond acceptors (Lipinski definition) is 6. The molecule has 0 radical (unpaired) electrons. The number of carbonyl (C=O) groups excluding carboxylic acids is 1. The van der Waals surface area contributed by atoms with Gasteiger partial charge in [0, 0.05) is 18.5 Å². The summed E-state index contributed by atoms with van der Waals surface area (Å²) in [5, 5.41) is 22.0. The highest BCUT2D eigenvalue weighted by atomic mass is 32.1. The molecule has 1 atom stereocenters. The van der Waals surface area contributed by atoms with Gasteiger partial charge in [-0.2, -0.15) is 0 Å². The van der Waals surface area contributed by atoms with Crippen molar-refractivity contribution in [2.24, 2.45) is 5.73 Å². The van der Waals surface area contributed by atoms with E-state index in [-0.39, 0.29) is 18.1 Å². The van der Waals surface area contributed by atoms with Gasteiger partial charge in [0.25, 0.3) is 0 Å². The monoisotopic (exact) mass is 245 g/mol. The largest absolute Gasteiger partial charge is 0.476 e. The van der Waals surface area contributed by atoms with Gasteiger partial charge in [-0.3, -0.25) is 4.79 Å². The smallest absolute Gasteiger partial charge is 0.365 e. The van der Waals surface area contributed by atoms with Gasteiger partial charge in [0.2, 0.25) is 10.9 Å². The van der Waals surface area contributed by atoms with Gasteiger partial charge in [-0.15, -0.1) is 11.3 Å². The molecule has 0 aromatic carbocycles. The zero-order valence-corrected chi connectivity index (χ0v) is 9.03. The number of carboxylic acids is 1. The van der Waals surface area contributed by atoms with Crippen LogP contribution in [0.2, 0.25) is 0 Å². The number of nitrogens with two attached hydrogens (primary N) is 1. The second kappa shape index (κ2) is 5.54. The molecule has 0 saturated carbocycles. The first-order valence-electron chi connectivity index (χ1n) is 4.36. The second-order valence-corrected chi connectivity index (χ2v) is 3.86. The molecule has 0 aliphatic heterocycles. The lowest BCUT2D eigenvalue weighted by Gasteiger charge is -2.06. The van der Waals surface area contributed by atoms with Gasteiger partial charge in [0.15, 0.2) is 0 Å². The number of nitrogens with zero attached hydrogens (tertiary/aromatic N) is 1. The maximum Gasteiger partial charge on any atom is 0.365 e. The Kier molecular flexibility index (Phi) is 4.35. The summed E-state index contributed by atoms with van der Waals surface area (Å²) in [4.78, 5) is 24.8.